The van der Waals surface area contributed by atoms with Crippen LogP contribution in [0.3, 0.4) is 0 Å². The highest BCUT2D eigenvalue weighted by atomic mass is 28.3. The molecule has 0 amide bonds. The first-order chi connectivity index (χ1) is 26.0. The summed E-state index contributed by atoms with van der Waals surface area (Å²) in [6, 6.07) is 1.50. The van der Waals surface area contributed by atoms with E-state index >= 15 is 0 Å². The summed E-state index contributed by atoms with van der Waals surface area (Å²) in [4.78, 5) is 0. The Morgan fingerprint density at radius 1 is 0.667 bits per heavy atom. The minimum absolute atomic E-state index is 0.179. The van der Waals surface area contributed by atoms with Crippen LogP contribution in [0.15, 0.2) is 0 Å². The van der Waals surface area contributed by atoms with Crippen LogP contribution in [-0.2, 0) is 14.2 Å². The zero-order chi connectivity index (χ0) is 39.0. The molecule has 0 bridgehead atoms. The van der Waals surface area contributed by atoms with Crippen LogP contribution in [0.5, 0.6) is 0 Å². The zero-order valence-corrected chi connectivity index (χ0v) is 37.7. The first kappa shape index (κ1) is 46.6. The number of ether oxygens (including phenoxy) is 3. The van der Waals surface area contributed by atoms with Gasteiger partial charge in [0.2, 0.25) is 0 Å². The number of hydrogen-bond acceptors (Lipinski definition) is 7. The lowest BCUT2D eigenvalue weighted by Gasteiger charge is -2.65. The number of nitrogens with two attached hydrogens (primary N) is 3. The second-order valence-electron chi connectivity index (χ2n) is 20.5. The van der Waals surface area contributed by atoms with Crippen molar-refractivity contribution in [2.75, 3.05) is 52.5 Å². The molecule has 0 saturated heterocycles. The lowest BCUT2D eigenvalue weighted by atomic mass is 9.43. The monoisotopic (exact) mass is 777 g/mol. The van der Waals surface area contributed by atoms with E-state index in [0.29, 0.717) is 78.9 Å². The van der Waals surface area contributed by atoms with E-state index in [0.717, 1.165) is 52.0 Å². The van der Waals surface area contributed by atoms with Crippen LogP contribution >= 0.6 is 0 Å². The Kier molecular flexibility index (Phi) is 20.3. The third-order valence-electron chi connectivity index (χ3n) is 15.5. The van der Waals surface area contributed by atoms with E-state index in [-0.39, 0.29) is 5.41 Å². The summed E-state index contributed by atoms with van der Waals surface area (Å²) < 4.78 is 20.4. The van der Waals surface area contributed by atoms with E-state index < -0.39 is 8.07 Å². The summed E-state index contributed by atoms with van der Waals surface area (Å²) in [6.45, 7) is 22.2. The van der Waals surface area contributed by atoms with Gasteiger partial charge in [0, 0.05) is 33.3 Å². The highest BCUT2D eigenvalue weighted by Gasteiger charge is 2.66. The van der Waals surface area contributed by atoms with Crippen molar-refractivity contribution in [3.05, 3.63) is 0 Å². The predicted octanol–water partition coefficient (Wildman–Crippen LogP) is 9.53. The second-order valence-corrected chi connectivity index (χ2v) is 26.1. The van der Waals surface area contributed by atoms with Gasteiger partial charge in [0.1, 0.15) is 0 Å². The molecule has 0 spiro atoms. The molecule has 0 aliphatic heterocycles. The maximum atomic E-state index is 7.06. The van der Waals surface area contributed by atoms with Gasteiger partial charge in [0.25, 0.3) is 0 Å². The molecule has 4 rings (SSSR count). The molecule has 4 aliphatic carbocycles. The molecule has 0 radical (unpaired) electrons. The van der Waals surface area contributed by atoms with E-state index in [4.69, 9.17) is 31.4 Å². The van der Waals surface area contributed by atoms with Crippen molar-refractivity contribution in [3.63, 3.8) is 0 Å². The van der Waals surface area contributed by atoms with Gasteiger partial charge in [-0.1, -0.05) is 91.4 Å². The van der Waals surface area contributed by atoms with Crippen LogP contribution in [0.4, 0.5) is 0 Å². The smallest absolute Gasteiger partial charge is 0.0637 e. The molecule has 7 N–H and O–H groups in total. The van der Waals surface area contributed by atoms with Crippen LogP contribution in [0.25, 0.3) is 0 Å². The van der Waals surface area contributed by atoms with Crippen LogP contribution in [0.2, 0.25) is 25.7 Å². The summed E-state index contributed by atoms with van der Waals surface area (Å²) in [5, 5.41) is 3.82. The molecule has 54 heavy (non-hydrogen) atoms. The van der Waals surface area contributed by atoms with Crippen molar-refractivity contribution in [1.82, 2.24) is 5.32 Å². The van der Waals surface area contributed by atoms with Gasteiger partial charge < -0.3 is 36.7 Å². The van der Waals surface area contributed by atoms with Gasteiger partial charge in [0.15, 0.2) is 0 Å². The highest BCUT2D eigenvalue weighted by molar-refractivity contribution is 6.76. The Labute approximate surface area is 335 Å². The predicted molar refractivity (Wildman–Crippen MR) is 233 cm³/mol. The van der Waals surface area contributed by atoms with Gasteiger partial charge >= 0.3 is 0 Å². The number of nitrogens with one attached hydrogen (secondary N) is 1. The topological polar surface area (TPSA) is 118 Å². The van der Waals surface area contributed by atoms with Crippen molar-refractivity contribution in [1.29, 1.82) is 0 Å². The van der Waals surface area contributed by atoms with Gasteiger partial charge in [-0.05, 0) is 157 Å². The summed E-state index contributed by atoms with van der Waals surface area (Å²) >= 11 is 0. The fourth-order valence-corrected chi connectivity index (χ4v) is 13.7. The number of unbranched alkanes of at least 4 members (excludes halogenated alkanes) is 7. The maximum absolute atomic E-state index is 7.06. The Bertz CT molecular complexity index is 1010. The number of rotatable bonds is 28. The van der Waals surface area contributed by atoms with Gasteiger partial charge in [-0.3, -0.25) is 0 Å². The minimum atomic E-state index is -0.844. The minimum Gasteiger partial charge on any atom is -0.378 e. The van der Waals surface area contributed by atoms with Gasteiger partial charge in [-0.25, -0.2) is 0 Å². The Hall–Kier alpha value is -0.0631. The standard InChI is InChI=1S/C46H92N4O3Si/c1-36(19-15-28-50-27-13-11-9-7-8-10-12-14-32-54(4,5)6)39-20-21-40-44-41(35-43(46(39,40)3)53-31-18-26-49)45(2)23-22-38(51-29-16-24-47)33-37(45)34-42(44)52-30-17-25-48/h36-44,50H,7-35,47-49H2,1-6H3/t36?,37?,38-,39-,40+,41+,42-,43+,44?,45+,46?/m1/s1. The molecule has 8 heteroatoms. The van der Waals surface area contributed by atoms with Crippen molar-refractivity contribution in [2.45, 2.75) is 193 Å². The Balaban J connectivity index is 1.32. The van der Waals surface area contributed by atoms with Gasteiger partial charge in [0.05, 0.1) is 18.3 Å². The van der Waals surface area contributed by atoms with Crippen LogP contribution in [0, 0.1) is 46.3 Å². The summed E-state index contributed by atoms with van der Waals surface area (Å²) in [7, 11) is -0.844. The third kappa shape index (κ3) is 13.0. The van der Waals surface area contributed by atoms with E-state index in [2.05, 4.69) is 45.7 Å². The molecule has 318 valence electrons. The molecule has 4 saturated carbocycles. The molecular weight excluding hydrogens is 685 g/mol. The normalized spacial score (nSPS) is 34.4. The molecular formula is C46H92N4O3Si. The fourth-order valence-electron chi connectivity index (χ4n) is 12.4. The van der Waals surface area contributed by atoms with Crippen LogP contribution in [-0.4, -0.2) is 78.9 Å². The average Bonchev–Trinajstić information content (AvgIpc) is 3.50. The Morgan fingerprint density at radius 3 is 1.94 bits per heavy atom. The van der Waals surface area contributed by atoms with Crippen molar-refractivity contribution < 1.29 is 14.2 Å². The first-order valence-electron chi connectivity index (χ1n) is 23.6. The third-order valence-corrected chi connectivity index (χ3v) is 17.4. The van der Waals surface area contributed by atoms with Crippen molar-refractivity contribution in [2.24, 2.45) is 63.5 Å². The van der Waals surface area contributed by atoms with Gasteiger partial charge in [-0.2, -0.15) is 0 Å². The molecule has 0 aromatic carbocycles. The molecule has 4 fully saturated rings. The first-order valence-corrected chi connectivity index (χ1v) is 27.4. The summed E-state index contributed by atoms with van der Waals surface area (Å²) in [5.41, 5.74) is 18.3. The fraction of sp³-hybridized carbons (Fsp3) is 1.00. The molecule has 4 aliphatic rings. The summed E-state index contributed by atoms with van der Waals surface area (Å²) in [6.07, 6.45) is 26.3. The van der Waals surface area contributed by atoms with E-state index in [1.54, 1.807) is 0 Å². The lowest BCUT2D eigenvalue weighted by molar-refractivity contribution is -0.227. The van der Waals surface area contributed by atoms with Crippen molar-refractivity contribution >= 4 is 8.07 Å². The van der Waals surface area contributed by atoms with E-state index in [9.17, 15) is 0 Å². The average molecular weight is 777 g/mol. The largest absolute Gasteiger partial charge is 0.378 e. The molecule has 0 aromatic rings. The van der Waals surface area contributed by atoms with E-state index in [1.807, 2.05) is 0 Å². The maximum Gasteiger partial charge on any atom is 0.0637 e. The number of hydrogen-bond donors (Lipinski definition) is 4. The quantitative estimate of drug-likeness (QED) is 0.0462. The number of fused-ring (bicyclic) bond motifs is 5. The summed E-state index contributed by atoms with van der Waals surface area (Å²) in [5.74, 6) is 3.91. The lowest BCUT2D eigenvalue weighted by Crippen LogP contribution is -2.63. The molecule has 7 nitrogen and oxygen atoms in total. The SMILES string of the molecule is CC(CCCNCCCCCCCCCC[Si](C)(C)C)[C@H]1CC[C@H]2C3[C@H](OCCCN)CC4C[C@H](OCCCN)CC[C@]4(C)[C@H]3C[C@H](OCCCN)C12C. The van der Waals surface area contributed by atoms with E-state index in [1.165, 1.54) is 115 Å². The van der Waals surface area contributed by atoms with Crippen LogP contribution < -0.4 is 22.5 Å². The molecule has 11 atom stereocenters. The van der Waals surface area contributed by atoms with Crippen molar-refractivity contribution in [3.8, 4) is 0 Å². The van der Waals surface area contributed by atoms with Gasteiger partial charge in [-0.15, -0.1) is 0 Å². The second kappa shape index (κ2) is 23.5. The molecule has 4 unspecified atom stereocenters. The zero-order valence-electron chi connectivity index (χ0n) is 36.7. The highest BCUT2D eigenvalue weighted by Crippen LogP contribution is 2.69. The molecule has 0 heterocycles. The Morgan fingerprint density at radius 2 is 1.28 bits per heavy atom. The van der Waals surface area contributed by atoms with Crippen LogP contribution in [0.1, 0.15) is 149 Å². The molecule has 0 aromatic heterocycles.